The number of allylic oxidation sites excluding steroid dienone is 1. The molecule has 11 unspecified atom stereocenters. The summed E-state index contributed by atoms with van der Waals surface area (Å²) in [5, 5.41) is 15.2. The van der Waals surface area contributed by atoms with E-state index in [-0.39, 0.29) is 59.8 Å². The molecule has 6 aliphatic heterocycles. The number of nitrogens with zero attached hydrogens (tertiary/aromatic N) is 2. The molecule has 7 fully saturated rings. The van der Waals surface area contributed by atoms with E-state index in [1.165, 1.54) is 12.8 Å². The van der Waals surface area contributed by atoms with E-state index in [0.717, 1.165) is 63.4 Å². The lowest BCUT2D eigenvalue weighted by Gasteiger charge is -2.50. The minimum Gasteiger partial charge on any atom is -0.474 e. The summed E-state index contributed by atoms with van der Waals surface area (Å²) in [6.07, 6.45) is 8.48. The van der Waals surface area contributed by atoms with Crippen LogP contribution in [0, 0.1) is 23.7 Å². The summed E-state index contributed by atoms with van der Waals surface area (Å²) < 4.78 is 12.3. The number of primary amides is 1. The van der Waals surface area contributed by atoms with E-state index < -0.39 is 5.92 Å². The van der Waals surface area contributed by atoms with E-state index in [1.54, 1.807) is 17.8 Å². The van der Waals surface area contributed by atoms with Crippen molar-refractivity contribution in [2.45, 2.75) is 99.1 Å². The average molecular weight is 661 g/mol. The maximum absolute atomic E-state index is 13.3. The van der Waals surface area contributed by atoms with Crippen LogP contribution in [0.5, 0.6) is 0 Å². The Labute approximate surface area is 275 Å². The molecule has 0 radical (unpaired) electrons. The fourth-order valence-electron chi connectivity index (χ4n) is 9.69. The molecule has 14 nitrogen and oxygen atoms in total. The summed E-state index contributed by atoms with van der Waals surface area (Å²) in [7, 11) is 0. The van der Waals surface area contributed by atoms with Gasteiger partial charge in [0.2, 0.25) is 5.91 Å². The van der Waals surface area contributed by atoms with Gasteiger partial charge in [0.05, 0.1) is 38.1 Å². The number of carbonyl (C=O) groups excluding carboxylic acids is 2. The Balaban J connectivity index is 1.01. The lowest BCUT2D eigenvalue weighted by Crippen LogP contribution is -2.77. The predicted octanol–water partition coefficient (Wildman–Crippen LogP) is -1.93. The number of hydrogen-bond donors (Lipinski definition) is 8. The highest BCUT2D eigenvalue weighted by molar-refractivity contribution is 8.01. The standard InChI is InChI=1S/C31H52N10O4S/c32-19-3-1-2-4-20(19)37-31-38-29(24(28(33)43)30-39-35-15-41(30)31)36-21-12-17(11-16-5-6-34-25(16)21)18-14-46-27-22(42)13-23(45-26(18)27)40-7-9-44-10-8-40/h13,16-21,24-27,29-31,34-39H,1-12,14-15,32H2,(H2,33,43)/t16?,17?,18?,19-,20+,21?,24?,25?,26?,27?,29?,30?,31?/m1/s1. The van der Waals surface area contributed by atoms with E-state index in [2.05, 4.69) is 41.9 Å². The van der Waals surface area contributed by atoms with Crippen molar-refractivity contribution < 1.29 is 19.1 Å². The third-order valence-corrected chi connectivity index (χ3v) is 13.5. The molecule has 0 bridgehead atoms. The van der Waals surface area contributed by atoms with Crippen LogP contribution in [0.1, 0.15) is 44.9 Å². The zero-order chi connectivity index (χ0) is 31.4. The zero-order valence-electron chi connectivity index (χ0n) is 26.6. The summed E-state index contributed by atoms with van der Waals surface area (Å²) in [5.74, 6) is 2.25. The van der Waals surface area contributed by atoms with Gasteiger partial charge in [-0.1, -0.05) is 12.8 Å². The first kappa shape index (κ1) is 31.7. The monoisotopic (exact) mass is 660 g/mol. The van der Waals surface area contributed by atoms with Gasteiger partial charge in [0, 0.05) is 55.0 Å². The molecule has 2 aliphatic carbocycles. The number of nitrogens with two attached hydrogens (primary N) is 2. The summed E-state index contributed by atoms with van der Waals surface area (Å²) in [5.41, 5.74) is 19.3. The number of nitrogens with one attached hydrogen (secondary N) is 6. The van der Waals surface area contributed by atoms with E-state index >= 15 is 0 Å². The maximum atomic E-state index is 13.3. The molecule has 0 aromatic carbocycles. The van der Waals surface area contributed by atoms with Crippen LogP contribution in [0.3, 0.4) is 0 Å². The topological polar surface area (TPSA) is 183 Å². The van der Waals surface area contributed by atoms with Gasteiger partial charge in [0.1, 0.15) is 17.6 Å². The zero-order valence-corrected chi connectivity index (χ0v) is 27.4. The molecule has 13 atom stereocenters. The van der Waals surface area contributed by atoms with Gasteiger partial charge in [-0.25, -0.2) is 15.8 Å². The molecule has 0 aromatic heterocycles. The first-order chi connectivity index (χ1) is 22.4. The second kappa shape index (κ2) is 13.4. The van der Waals surface area contributed by atoms with Crippen molar-refractivity contribution in [2.75, 3.05) is 45.3 Å². The number of hydrogen-bond acceptors (Lipinski definition) is 14. The summed E-state index contributed by atoms with van der Waals surface area (Å²) in [6, 6.07) is 0.781. The van der Waals surface area contributed by atoms with E-state index in [1.807, 2.05) is 0 Å². The molecule has 6 heterocycles. The molecular formula is C31H52N10O4S. The smallest absolute Gasteiger partial charge is 0.226 e. The molecule has 0 spiro atoms. The Bertz CT molecular complexity index is 1180. The molecule has 10 N–H and O–H groups in total. The van der Waals surface area contributed by atoms with Crippen molar-refractivity contribution >= 4 is 23.5 Å². The van der Waals surface area contributed by atoms with Crippen molar-refractivity contribution in [3.63, 3.8) is 0 Å². The molecule has 8 rings (SSSR count). The highest BCUT2D eigenvalue weighted by Gasteiger charge is 2.54. The van der Waals surface area contributed by atoms with Crippen LogP contribution < -0.4 is 43.6 Å². The molecule has 5 saturated heterocycles. The number of morpholine rings is 1. The molecule has 256 valence electrons. The Hall–Kier alpha value is -1.53. The number of thioether (sulfide) groups is 1. The first-order valence-electron chi connectivity index (χ1n) is 17.6. The SMILES string of the molecule is NC(=O)C1C(NC2CC(C3CSC4C(=O)C=C(N5CCOCC5)OC43)CC3CCNC32)NC(N[C@H]2CCCC[C@H]2N)N2CNNC12. The Morgan fingerprint density at radius 1 is 1.07 bits per heavy atom. The maximum Gasteiger partial charge on any atom is 0.226 e. The van der Waals surface area contributed by atoms with Gasteiger partial charge in [0.25, 0.3) is 0 Å². The molecule has 8 aliphatic rings. The van der Waals surface area contributed by atoms with Crippen LogP contribution in [0.25, 0.3) is 0 Å². The third kappa shape index (κ3) is 5.98. The second-order valence-corrected chi connectivity index (χ2v) is 15.8. The fourth-order valence-corrected chi connectivity index (χ4v) is 11.3. The van der Waals surface area contributed by atoms with E-state index in [4.69, 9.17) is 20.9 Å². The minimum absolute atomic E-state index is 0.112. The third-order valence-electron chi connectivity index (χ3n) is 12.1. The van der Waals surface area contributed by atoms with Crippen LogP contribution in [0.4, 0.5) is 0 Å². The van der Waals surface area contributed by atoms with Gasteiger partial charge in [-0.3, -0.25) is 25.5 Å². The van der Waals surface area contributed by atoms with Crippen LogP contribution >= 0.6 is 11.8 Å². The lowest BCUT2D eigenvalue weighted by molar-refractivity contribution is -0.130. The number of amides is 1. The number of fused-ring (bicyclic) bond motifs is 3. The van der Waals surface area contributed by atoms with Gasteiger partial charge in [0.15, 0.2) is 11.7 Å². The summed E-state index contributed by atoms with van der Waals surface area (Å²) in [4.78, 5) is 30.8. The highest BCUT2D eigenvalue weighted by Crippen LogP contribution is 2.48. The molecule has 46 heavy (non-hydrogen) atoms. The molecule has 2 saturated carbocycles. The van der Waals surface area contributed by atoms with Crippen LogP contribution in [-0.4, -0.2) is 121 Å². The van der Waals surface area contributed by atoms with Crippen LogP contribution in [-0.2, 0) is 19.1 Å². The van der Waals surface area contributed by atoms with Gasteiger partial charge < -0.3 is 31.2 Å². The largest absolute Gasteiger partial charge is 0.474 e. The molecule has 1 amide bonds. The molecule has 15 heteroatoms. The second-order valence-electron chi connectivity index (χ2n) is 14.7. The van der Waals surface area contributed by atoms with Crippen molar-refractivity contribution in [3.8, 4) is 0 Å². The first-order valence-corrected chi connectivity index (χ1v) is 18.7. The van der Waals surface area contributed by atoms with E-state index in [9.17, 15) is 9.59 Å². The minimum atomic E-state index is -0.486. The number of rotatable bonds is 7. The van der Waals surface area contributed by atoms with Crippen molar-refractivity contribution in [3.05, 3.63) is 12.0 Å². The Morgan fingerprint density at radius 2 is 1.91 bits per heavy atom. The van der Waals surface area contributed by atoms with Crippen molar-refractivity contribution in [2.24, 2.45) is 35.1 Å². The van der Waals surface area contributed by atoms with Crippen molar-refractivity contribution in [1.29, 1.82) is 0 Å². The predicted molar refractivity (Wildman–Crippen MR) is 173 cm³/mol. The lowest BCUT2D eigenvalue weighted by atomic mass is 9.69. The molecule has 0 aromatic rings. The Morgan fingerprint density at radius 3 is 2.74 bits per heavy atom. The van der Waals surface area contributed by atoms with Crippen molar-refractivity contribution in [1.82, 2.24) is 41.9 Å². The van der Waals surface area contributed by atoms with Gasteiger partial charge in [-0.05, 0) is 50.5 Å². The van der Waals surface area contributed by atoms with E-state index in [0.29, 0.717) is 43.7 Å². The number of ketones is 1. The van der Waals surface area contributed by atoms with Gasteiger partial charge in [-0.2, -0.15) is 0 Å². The van der Waals surface area contributed by atoms with Crippen LogP contribution in [0.15, 0.2) is 12.0 Å². The normalized spacial score (nSPS) is 46.3. The number of hydrazine groups is 1. The van der Waals surface area contributed by atoms with Crippen LogP contribution in [0.2, 0.25) is 0 Å². The van der Waals surface area contributed by atoms with Gasteiger partial charge in [-0.15, -0.1) is 11.8 Å². The summed E-state index contributed by atoms with van der Waals surface area (Å²) >= 11 is 1.77. The quantitative estimate of drug-likeness (QED) is 0.151. The fraction of sp³-hybridized carbons (Fsp3) is 0.871. The average Bonchev–Trinajstić information content (AvgIpc) is 3.83. The molecular weight excluding hydrogens is 608 g/mol. The summed E-state index contributed by atoms with van der Waals surface area (Å²) in [6.45, 7) is 4.39. The number of ether oxygens (including phenoxy) is 2. The Kier molecular flexibility index (Phi) is 9.25. The van der Waals surface area contributed by atoms with Gasteiger partial charge >= 0.3 is 0 Å². The number of carbonyl (C=O) groups is 2. The highest BCUT2D eigenvalue weighted by atomic mass is 32.2.